The van der Waals surface area contributed by atoms with Crippen molar-refractivity contribution in [2.45, 2.75) is 31.4 Å². The highest BCUT2D eigenvalue weighted by atomic mass is 16.5. The highest BCUT2D eigenvalue weighted by molar-refractivity contribution is 5.94. The summed E-state index contributed by atoms with van der Waals surface area (Å²) >= 11 is 0. The summed E-state index contributed by atoms with van der Waals surface area (Å²) in [6, 6.07) is 23.8. The average Bonchev–Trinajstić information content (AvgIpc) is 2.97. The number of benzene rings is 3. The van der Waals surface area contributed by atoms with Gasteiger partial charge in [0.05, 0.1) is 26.0 Å². The van der Waals surface area contributed by atoms with Crippen molar-refractivity contribution in [1.82, 2.24) is 15.1 Å². The summed E-state index contributed by atoms with van der Waals surface area (Å²) in [5.41, 5.74) is 4.02. The van der Waals surface area contributed by atoms with Crippen LogP contribution in [-0.4, -0.2) is 87.1 Å². The summed E-state index contributed by atoms with van der Waals surface area (Å²) < 4.78 is 10.7. The number of methoxy groups -OCH3 is 2. The van der Waals surface area contributed by atoms with Gasteiger partial charge in [0.25, 0.3) is 0 Å². The molecule has 0 aliphatic carbocycles. The standard InChI is InChI=1S/C32H42N4O4/c1-35(18-15-24-13-14-30(39-2)31(21-24)40-3)22-27(37)23-36-19-16-26(17-20-36)33-32(38)34-29-12-8-7-11-28(29)25-9-5-4-6-10-25/h4-14,21,26-27,37H,15-20,22-23H2,1-3H3,(H2,33,34,38). The Morgan fingerprint density at radius 3 is 2.42 bits per heavy atom. The predicted octanol–water partition coefficient (Wildman–Crippen LogP) is 4.49. The van der Waals surface area contributed by atoms with Gasteiger partial charge >= 0.3 is 6.03 Å². The van der Waals surface area contributed by atoms with Gasteiger partial charge in [-0.05, 0) is 55.6 Å². The summed E-state index contributed by atoms with van der Waals surface area (Å²) in [6.07, 6.45) is 2.14. The van der Waals surface area contributed by atoms with Crippen molar-refractivity contribution in [1.29, 1.82) is 0 Å². The van der Waals surface area contributed by atoms with E-state index in [4.69, 9.17) is 9.47 Å². The number of anilines is 1. The monoisotopic (exact) mass is 546 g/mol. The van der Waals surface area contributed by atoms with Gasteiger partial charge in [0.2, 0.25) is 0 Å². The van der Waals surface area contributed by atoms with E-state index < -0.39 is 6.10 Å². The Labute approximate surface area is 237 Å². The maximum absolute atomic E-state index is 12.8. The molecule has 1 fully saturated rings. The zero-order chi connectivity index (χ0) is 28.3. The van der Waals surface area contributed by atoms with Gasteiger partial charge < -0.3 is 35.0 Å². The predicted molar refractivity (Wildman–Crippen MR) is 160 cm³/mol. The van der Waals surface area contributed by atoms with Crippen LogP contribution in [0.15, 0.2) is 72.8 Å². The van der Waals surface area contributed by atoms with Gasteiger partial charge in [-0.2, -0.15) is 0 Å². The Morgan fingerprint density at radius 2 is 1.70 bits per heavy atom. The van der Waals surface area contributed by atoms with E-state index in [1.54, 1.807) is 14.2 Å². The minimum absolute atomic E-state index is 0.112. The number of aliphatic hydroxyl groups excluding tert-OH is 1. The maximum Gasteiger partial charge on any atom is 0.319 e. The molecule has 0 saturated carbocycles. The molecule has 1 atom stereocenters. The van der Waals surface area contributed by atoms with Gasteiger partial charge in [-0.15, -0.1) is 0 Å². The molecule has 1 saturated heterocycles. The molecule has 4 rings (SSSR count). The van der Waals surface area contributed by atoms with E-state index in [1.165, 1.54) is 5.56 Å². The summed E-state index contributed by atoms with van der Waals surface area (Å²) in [5, 5.41) is 16.9. The molecule has 0 radical (unpaired) electrons. The van der Waals surface area contributed by atoms with E-state index in [9.17, 15) is 9.90 Å². The number of likely N-dealkylation sites (tertiary alicyclic amines) is 1. The van der Waals surface area contributed by atoms with Crippen molar-refractivity contribution >= 4 is 11.7 Å². The number of β-amino-alcohol motifs (C(OH)–C–C–N with tert-alkyl or cyclic N) is 1. The third-order valence-electron chi connectivity index (χ3n) is 7.40. The largest absolute Gasteiger partial charge is 0.493 e. The number of carbonyl (C=O) groups excluding carboxylic acids is 1. The number of nitrogens with zero attached hydrogens (tertiary/aromatic N) is 2. The number of nitrogens with one attached hydrogen (secondary N) is 2. The Balaban J connectivity index is 1.16. The number of aliphatic hydroxyl groups is 1. The lowest BCUT2D eigenvalue weighted by Crippen LogP contribution is -2.48. The minimum Gasteiger partial charge on any atom is -0.493 e. The van der Waals surface area contributed by atoms with Gasteiger partial charge in [-0.1, -0.05) is 54.6 Å². The molecule has 1 unspecified atom stereocenters. The molecular weight excluding hydrogens is 504 g/mol. The molecule has 3 aromatic rings. The second kappa shape index (κ2) is 14.7. The number of rotatable bonds is 12. The summed E-state index contributed by atoms with van der Waals surface area (Å²) in [6.45, 7) is 3.76. The molecule has 0 spiro atoms. The molecule has 8 heteroatoms. The van der Waals surface area contributed by atoms with Crippen LogP contribution in [0.25, 0.3) is 11.1 Å². The molecule has 3 aromatic carbocycles. The third-order valence-corrected chi connectivity index (χ3v) is 7.40. The number of hydrogen-bond acceptors (Lipinski definition) is 6. The van der Waals surface area contributed by atoms with Crippen LogP contribution >= 0.6 is 0 Å². The number of para-hydroxylation sites is 1. The molecule has 8 nitrogen and oxygen atoms in total. The lowest BCUT2D eigenvalue weighted by molar-refractivity contribution is 0.0706. The van der Waals surface area contributed by atoms with Gasteiger partial charge in [-0.3, -0.25) is 0 Å². The quantitative estimate of drug-likeness (QED) is 0.310. The highest BCUT2D eigenvalue weighted by Gasteiger charge is 2.23. The maximum atomic E-state index is 12.8. The number of amides is 2. The number of likely N-dealkylation sites (N-methyl/N-ethyl adjacent to an activating group) is 1. The van der Waals surface area contributed by atoms with E-state index in [-0.39, 0.29) is 12.1 Å². The van der Waals surface area contributed by atoms with Crippen molar-refractivity contribution in [2.75, 3.05) is 59.3 Å². The zero-order valence-electron chi connectivity index (χ0n) is 23.8. The number of piperidine rings is 1. The van der Waals surface area contributed by atoms with Crippen LogP contribution < -0.4 is 20.1 Å². The summed E-state index contributed by atoms with van der Waals surface area (Å²) in [7, 11) is 5.31. The first-order valence-electron chi connectivity index (χ1n) is 14.0. The second-order valence-electron chi connectivity index (χ2n) is 10.4. The first kappa shape index (κ1) is 29.4. The van der Waals surface area contributed by atoms with E-state index in [1.807, 2.05) is 79.8 Å². The molecule has 2 amide bonds. The van der Waals surface area contributed by atoms with Crippen LogP contribution in [0, 0.1) is 0 Å². The smallest absolute Gasteiger partial charge is 0.319 e. The Hall–Kier alpha value is -3.59. The van der Waals surface area contributed by atoms with E-state index in [0.717, 1.165) is 67.2 Å². The Kier molecular flexibility index (Phi) is 10.8. The Morgan fingerprint density at radius 1 is 1.00 bits per heavy atom. The summed E-state index contributed by atoms with van der Waals surface area (Å²) in [4.78, 5) is 17.2. The van der Waals surface area contributed by atoms with E-state index in [2.05, 4.69) is 20.4 Å². The van der Waals surface area contributed by atoms with Gasteiger partial charge in [0, 0.05) is 44.3 Å². The van der Waals surface area contributed by atoms with Crippen LogP contribution in [0.3, 0.4) is 0 Å². The van der Waals surface area contributed by atoms with Crippen LogP contribution in [0.4, 0.5) is 10.5 Å². The molecule has 1 heterocycles. The first-order valence-corrected chi connectivity index (χ1v) is 14.0. The Bertz CT molecular complexity index is 1210. The molecule has 40 heavy (non-hydrogen) atoms. The van der Waals surface area contributed by atoms with E-state index in [0.29, 0.717) is 13.1 Å². The van der Waals surface area contributed by atoms with Crippen molar-refractivity contribution in [3.05, 3.63) is 78.4 Å². The van der Waals surface area contributed by atoms with Crippen molar-refractivity contribution < 1.29 is 19.4 Å². The number of urea groups is 1. The first-order chi connectivity index (χ1) is 19.4. The molecule has 3 N–H and O–H groups in total. The van der Waals surface area contributed by atoms with Crippen molar-refractivity contribution in [2.24, 2.45) is 0 Å². The number of hydrogen-bond donors (Lipinski definition) is 3. The molecule has 1 aliphatic rings. The van der Waals surface area contributed by atoms with E-state index >= 15 is 0 Å². The average molecular weight is 547 g/mol. The van der Waals surface area contributed by atoms with Crippen LogP contribution in [0.5, 0.6) is 11.5 Å². The normalized spacial score (nSPS) is 15.0. The summed E-state index contributed by atoms with van der Waals surface area (Å²) in [5.74, 6) is 1.46. The highest BCUT2D eigenvalue weighted by Crippen LogP contribution is 2.28. The van der Waals surface area contributed by atoms with Crippen molar-refractivity contribution in [3.63, 3.8) is 0 Å². The lowest BCUT2D eigenvalue weighted by Gasteiger charge is -2.34. The van der Waals surface area contributed by atoms with Crippen LogP contribution in [0.2, 0.25) is 0 Å². The van der Waals surface area contributed by atoms with Crippen LogP contribution in [-0.2, 0) is 6.42 Å². The molecule has 1 aliphatic heterocycles. The SMILES string of the molecule is COc1ccc(CCN(C)CC(O)CN2CCC(NC(=O)Nc3ccccc3-c3ccccc3)CC2)cc1OC. The second-order valence-corrected chi connectivity index (χ2v) is 10.4. The molecule has 214 valence electrons. The molecule has 0 bridgehead atoms. The number of ether oxygens (including phenoxy) is 2. The van der Waals surface area contributed by atoms with Gasteiger partial charge in [0.15, 0.2) is 11.5 Å². The van der Waals surface area contributed by atoms with Gasteiger partial charge in [0.1, 0.15) is 0 Å². The molecular formula is C32H42N4O4. The topological polar surface area (TPSA) is 86.3 Å². The van der Waals surface area contributed by atoms with Crippen LogP contribution in [0.1, 0.15) is 18.4 Å². The number of carbonyl (C=O) groups is 1. The fourth-order valence-electron chi connectivity index (χ4n) is 5.23. The fraction of sp³-hybridized carbons (Fsp3) is 0.406. The third kappa shape index (κ3) is 8.45. The lowest BCUT2D eigenvalue weighted by atomic mass is 10.0. The fourth-order valence-corrected chi connectivity index (χ4v) is 5.23. The minimum atomic E-state index is -0.433. The molecule has 0 aromatic heterocycles. The van der Waals surface area contributed by atoms with Crippen molar-refractivity contribution in [3.8, 4) is 22.6 Å². The zero-order valence-corrected chi connectivity index (χ0v) is 23.8. The van der Waals surface area contributed by atoms with Gasteiger partial charge in [-0.25, -0.2) is 4.79 Å².